The summed E-state index contributed by atoms with van der Waals surface area (Å²) in [7, 11) is 0. The van der Waals surface area contributed by atoms with Crippen LogP contribution in [0.25, 0.3) is 21.5 Å². The zero-order valence-electron chi connectivity index (χ0n) is 15.7. The van der Waals surface area contributed by atoms with Crippen LogP contribution in [0.5, 0.6) is 0 Å². The van der Waals surface area contributed by atoms with Crippen molar-refractivity contribution in [3.05, 3.63) is 96.1 Å². The second kappa shape index (κ2) is 12.3. The van der Waals surface area contributed by atoms with Gasteiger partial charge in [0.2, 0.25) is 0 Å². The van der Waals surface area contributed by atoms with Crippen LogP contribution >= 0.6 is 0 Å². The minimum Gasteiger partial charge on any atom is -0.545 e. The Hall–Kier alpha value is -0.387. The summed E-state index contributed by atoms with van der Waals surface area (Å²) in [6, 6.07) is 25.0. The molecular weight excluding hydrogens is 406 g/mol. The molecule has 4 rings (SSSR count). The third kappa shape index (κ3) is 6.30. The number of carboxylic acid groups (broad SMARTS) is 2. The van der Waals surface area contributed by atoms with E-state index in [1.807, 2.05) is 48.5 Å². The largest absolute Gasteiger partial charge is 1.00 e. The number of hydrogen-bond donors (Lipinski definition) is 0. The molecule has 0 bridgehead atoms. The Labute approximate surface area is 247 Å². The van der Waals surface area contributed by atoms with Gasteiger partial charge in [-0.3, -0.25) is 0 Å². The Morgan fingerprint density at radius 1 is 0.500 bits per heavy atom. The fourth-order valence-electron chi connectivity index (χ4n) is 2.81. The van der Waals surface area contributed by atoms with Crippen LogP contribution in [-0.2, 0) is 0 Å². The first-order valence-corrected chi connectivity index (χ1v) is 7.96. The molecule has 0 saturated carbocycles. The van der Waals surface area contributed by atoms with Gasteiger partial charge in [0.05, 0.1) is 11.9 Å². The summed E-state index contributed by atoms with van der Waals surface area (Å²) < 4.78 is 0. The van der Waals surface area contributed by atoms with Crippen molar-refractivity contribution in [1.82, 2.24) is 0 Å². The molecule has 0 radical (unpaired) electrons. The van der Waals surface area contributed by atoms with E-state index in [9.17, 15) is 19.8 Å². The molecule has 28 heavy (non-hydrogen) atoms. The first kappa shape index (κ1) is 25.6. The van der Waals surface area contributed by atoms with Crippen molar-refractivity contribution in [3.63, 3.8) is 0 Å². The normalized spacial score (nSPS) is 9.43. The van der Waals surface area contributed by atoms with E-state index in [2.05, 4.69) is 0 Å². The van der Waals surface area contributed by atoms with Gasteiger partial charge < -0.3 is 19.8 Å². The van der Waals surface area contributed by atoms with Gasteiger partial charge >= 0.3 is 103 Å². The van der Waals surface area contributed by atoms with Crippen LogP contribution < -0.4 is 113 Å². The number of carboxylic acids is 2. The number of benzene rings is 4. The van der Waals surface area contributed by atoms with Crippen molar-refractivity contribution in [1.29, 1.82) is 0 Å². The van der Waals surface area contributed by atoms with Crippen LogP contribution in [0.4, 0.5) is 0 Å². The minimum absolute atomic E-state index is 0. The molecule has 0 amide bonds. The average molecular weight is 421 g/mol. The van der Waals surface area contributed by atoms with E-state index in [1.165, 1.54) is 0 Å². The summed E-state index contributed by atoms with van der Waals surface area (Å²) in [5.41, 5.74) is 0.496. The summed E-state index contributed by atoms with van der Waals surface area (Å²) in [5, 5.41) is 24.7. The number of carbonyl (C=O) groups excluding carboxylic acids is 2. The molecule has 0 fully saturated rings. The maximum atomic E-state index is 10.7. The standard InChI is InChI=1S/2C11H8O2.2K/c2*12-11(13)10-7-3-5-8-4-1-2-6-9(8)10;;/h2*1-7H,(H,12,13);;/q;;2*+1/p-2. The number of carbonyl (C=O) groups is 2. The summed E-state index contributed by atoms with van der Waals surface area (Å²) in [4.78, 5) is 21.4. The van der Waals surface area contributed by atoms with E-state index in [0.29, 0.717) is 0 Å². The van der Waals surface area contributed by atoms with Crippen molar-refractivity contribution in [2.45, 2.75) is 0 Å². The molecule has 0 N–H and O–H groups in total. The number of hydrogen-bond acceptors (Lipinski definition) is 4. The fraction of sp³-hybridized carbons (Fsp3) is 0. The van der Waals surface area contributed by atoms with E-state index in [-0.39, 0.29) is 114 Å². The molecule has 0 saturated heterocycles. The quantitative estimate of drug-likeness (QED) is 0.314. The average Bonchev–Trinajstić information content (AvgIpc) is 2.67. The van der Waals surface area contributed by atoms with Gasteiger partial charge in [-0.05, 0) is 21.5 Å². The fourth-order valence-corrected chi connectivity index (χ4v) is 2.81. The molecule has 0 aliphatic carbocycles. The predicted molar refractivity (Wildman–Crippen MR) is 96.6 cm³/mol. The van der Waals surface area contributed by atoms with Gasteiger partial charge in [0, 0.05) is 11.1 Å². The van der Waals surface area contributed by atoms with E-state index < -0.39 is 11.9 Å². The monoisotopic (exact) mass is 420 g/mol. The van der Waals surface area contributed by atoms with Crippen LogP contribution in [0.1, 0.15) is 20.7 Å². The van der Waals surface area contributed by atoms with Crippen LogP contribution in [0, 0.1) is 0 Å². The molecule has 0 unspecified atom stereocenters. The van der Waals surface area contributed by atoms with Crippen molar-refractivity contribution >= 4 is 33.5 Å². The molecular formula is C22H14K2O4. The molecule has 0 spiro atoms. The number of aromatic carboxylic acids is 2. The third-order valence-electron chi connectivity index (χ3n) is 4.02. The predicted octanol–water partition coefficient (Wildman–Crippen LogP) is -3.59. The molecule has 0 aliphatic rings. The molecule has 128 valence electrons. The second-order valence-electron chi connectivity index (χ2n) is 5.63. The Balaban J connectivity index is 0.000000261. The third-order valence-corrected chi connectivity index (χ3v) is 4.02. The zero-order valence-corrected chi connectivity index (χ0v) is 22.0. The smallest absolute Gasteiger partial charge is 0.545 e. The van der Waals surface area contributed by atoms with E-state index in [1.54, 1.807) is 36.4 Å². The van der Waals surface area contributed by atoms with Crippen LogP contribution in [0.2, 0.25) is 0 Å². The van der Waals surface area contributed by atoms with Crippen LogP contribution in [0.3, 0.4) is 0 Å². The van der Waals surface area contributed by atoms with Gasteiger partial charge in [0.25, 0.3) is 0 Å². The molecule has 0 heterocycles. The Kier molecular flexibility index (Phi) is 11.3. The zero-order chi connectivity index (χ0) is 18.5. The first-order valence-electron chi connectivity index (χ1n) is 7.96. The molecule has 0 aliphatic heterocycles. The molecule has 4 nitrogen and oxygen atoms in total. The Bertz CT molecular complexity index is 1010. The number of rotatable bonds is 2. The number of fused-ring (bicyclic) bond motifs is 2. The van der Waals surface area contributed by atoms with Gasteiger partial charge in [-0.1, -0.05) is 84.9 Å². The summed E-state index contributed by atoms with van der Waals surface area (Å²) in [6.07, 6.45) is 0. The maximum absolute atomic E-state index is 10.7. The van der Waals surface area contributed by atoms with Crippen molar-refractivity contribution in [3.8, 4) is 0 Å². The topological polar surface area (TPSA) is 80.3 Å². The summed E-state index contributed by atoms with van der Waals surface area (Å²) >= 11 is 0. The van der Waals surface area contributed by atoms with Gasteiger partial charge in [-0.2, -0.15) is 0 Å². The minimum atomic E-state index is -1.13. The molecule has 0 atom stereocenters. The van der Waals surface area contributed by atoms with Gasteiger partial charge in [0.15, 0.2) is 0 Å². The van der Waals surface area contributed by atoms with Crippen molar-refractivity contribution in [2.75, 3.05) is 0 Å². The van der Waals surface area contributed by atoms with Gasteiger partial charge in [-0.15, -0.1) is 0 Å². The summed E-state index contributed by atoms with van der Waals surface area (Å²) in [5.74, 6) is -2.26. The van der Waals surface area contributed by atoms with E-state index in [0.717, 1.165) is 21.5 Å². The molecule has 6 heteroatoms. The molecule has 4 aromatic carbocycles. The Morgan fingerprint density at radius 2 is 0.821 bits per heavy atom. The molecule has 4 aromatic rings. The SMILES string of the molecule is O=C([O-])c1cccc2ccccc12.O=C([O-])c1cccc2ccccc12.[K+].[K+]. The van der Waals surface area contributed by atoms with Crippen molar-refractivity contribution < 1.29 is 123 Å². The second-order valence-corrected chi connectivity index (χ2v) is 5.63. The van der Waals surface area contributed by atoms with Gasteiger partial charge in [0.1, 0.15) is 0 Å². The van der Waals surface area contributed by atoms with E-state index in [4.69, 9.17) is 0 Å². The van der Waals surface area contributed by atoms with Crippen LogP contribution in [0.15, 0.2) is 84.9 Å². The summed E-state index contributed by atoms with van der Waals surface area (Å²) in [6.45, 7) is 0. The van der Waals surface area contributed by atoms with E-state index >= 15 is 0 Å². The van der Waals surface area contributed by atoms with Crippen molar-refractivity contribution in [2.24, 2.45) is 0 Å². The van der Waals surface area contributed by atoms with Crippen LogP contribution in [-0.4, -0.2) is 11.9 Å². The Morgan fingerprint density at radius 3 is 1.18 bits per heavy atom. The molecule has 0 aromatic heterocycles. The van der Waals surface area contributed by atoms with Gasteiger partial charge in [-0.25, -0.2) is 0 Å². The maximum Gasteiger partial charge on any atom is 1.00 e. The first-order chi connectivity index (χ1) is 12.6.